The molecular formula is C15H11FN2O2. The largest absolute Gasteiger partial charge is 0.507 e. The molecule has 100 valence electrons. The number of rotatable bonds is 2. The van der Waals surface area contributed by atoms with Gasteiger partial charge >= 0.3 is 0 Å². The molecule has 3 aromatic rings. The zero-order chi connectivity index (χ0) is 14.1. The molecule has 1 heterocycles. The Hall–Kier alpha value is -2.69. The summed E-state index contributed by atoms with van der Waals surface area (Å²) in [5.41, 5.74) is 1.39. The molecule has 0 spiro atoms. The highest BCUT2D eigenvalue weighted by Crippen LogP contribution is 2.32. The van der Waals surface area contributed by atoms with Gasteiger partial charge in [0.05, 0.1) is 11.1 Å². The number of hydrogen-bond donors (Lipinski definition) is 1. The number of aromatic nitrogens is 2. The topological polar surface area (TPSA) is 59.2 Å². The van der Waals surface area contributed by atoms with Crippen molar-refractivity contribution in [2.75, 3.05) is 0 Å². The van der Waals surface area contributed by atoms with Gasteiger partial charge in [-0.3, -0.25) is 0 Å². The Labute approximate surface area is 114 Å². The van der Waals surface area contributed by atoms with Gasteiger partial charge in [-0.15, -0.1) is 0 Å². The van der Waals surface area contributed by atoms with Crippen molar-refractivity contribution in [3.63, 3.8) is 0 Å². The van der Waals surface area contributed by atoms with E-state index in [2.05, 4.69) is 10.1 Å². The van der Waals surface area contributed by atoms with Crippen LogP contribution in [-0.2, 0) is 0 Å². The first-order valence-corrected chi connectivity index (χ1v) is 6.04. The summed E-state index contributed by atoms with van der Waals surface area (Å²) in [6.45, 7) is 1.77. The van der Waals surface area contributed by atoms with Gasteiger partial charge in [0, 0.05) is 0 Å². The summed E-state index contributed by atoms with van der Waals surface area (Å²) in [4.78, 5) is 4.14. The highest BCUT2D eigenvalue weighted by atomic mass is 19.1. The predicted octanol–water partition coefficient (Wildman–Crippen LogP) is 3.56. The SMILES string of the molecule is Cc1cccc(-c2nc(-c3ccccc3F)no2)c1O. The summed E-state index contributed by atoms with van der Waals surface area (Å²) in [6, 6.07) is 11.4. The molecule has 0 saturated heterocycles. The van der Waals surface area contributed by atoms with Crippen LogP contribution in [0.2, 0.25) is 0 Å². The van der Waals surface area contributed by atoms with Gasteiger partial charge in [0.2, 0.25) is 5.82 Å². The van der Waals surface area contributed by atoms with Gasteiger partial charge in [-0.2, -0.15) is 4.98 Å². The van der Waals surface area contributed by atoms with Crippen LogP contribution in [0.15, 0.2) is 47.0 Å². The molecule has 1 N–H and O–H groups in total. The van der Waals surface area contributed by atoms with Crippen LogP contribution in [0.1, 0.15) is 5.56 Å². The molecule has 5 heteroatoms. The number of hydrogen-bond acceptors (Lipinski definition) is 4. The Morgan fingerprint density at radius 2 is 1.80 bits per heavy atom. The Morgan fingerprint density at radius 1 is 1.05 bits per heavy atom. The second-order valence-electron chi connectivity index (χ2n) is 4.37. The van der Waals surface area contributed by atoms with Gasteiger partial charge in [-0.25, -0.2) is 4.39 Å². The molecule has 0 atom stereocenters. The van der Waals surface area contributed by atoms with Gasteiger partial charge < -0.3 is 9.63 Å². The van der Waals surface area contributed by atoms with Crippen LogP contribution in [0.3, 0.4) is 0 Å². The lowest BCUT2D eigenvalue weighted by Crippen LogP contribution is -1.86. The summed E-state index contributed by atoms with van der Waals surface area (Å²) >= 11 is 0. The van der Waals surface area contributed by atoms with E-state index in [0.29, 0.717) is 11.1 Å². The third-order valence-electron chi connectivity index (χ3n) is 3.01. The normalized spacial score (nSPS) is 10.7. The zero-order valence-corrected chi connectivity index (χ0v) is 10.7. The fourth-order valence-electron chi connectivity index (χ4n) is 1.92. The van der Waals surface area contributed by atoms with Crippen LogP contribution < -0.4 is 0 Å². The predicted molar refractivity (Wildman–Crippen MR) is 71.5 cm³/mol. The molecular weight excluding hydrogens is 259 g/mol. The number of benzene rings is 2. The van der Waals surface area contributed by atoms with E-state index in [1.807, 2.05) is 0 Å². The maximum absolute atomic E-state index is 13.7. The molecule has 0 aliphatic carbocycles. The molecule has 0 radical (unpaired) electrons. The summed E-state index contributed by atoms with van der Waals surface area (Å²) in [7, 11) is 0. The maximum atomic E-state index is 13.7. The number of para-hydroxylation sites is 1. The summed E-state index contributed by atoms with van der Waals surface area (Å²) in [5, 5.41) is 13.7. The van der Waals surface area contributed by atoms with Crippen LogP contribution in [-0.4, -0.2) is 15.2 Å². The molecule has 1 aromatic heterocycles. The maximum Gasteiger partial charge on any atom is 0.262 e. The van der Waals surface area contributed by atoms with Crippen molar-refractivity contribution in [1.82, 2.24) is 10.1 Å². The molecule has 0 bridgehead atoms. The van der Waals surface area contributed by atoms with Gasteiger partial charge in [-0.05, 0) is 30.7 Å². The molecule has 0 saturated carbocycles. The molecule has 0 aliphatic heterocycles. The van der Waals surface area contributed by atoms with E-state index < -0.39 is 5.82 Å². The van der Waals surface area contributed by atoms with Crippen LogP contribution in [0.4, 0.5) is 4.39 Å². The highest BCUT2D eigenvalue weighted by molar-refractivity contribution is 5.66. The van der Waals surface area contributed by atoms with Crippen molar-refractivity contribution in [1.29, 1.82) is 0 Å². The van der Waals surface area contributed by atoms with E-state index in [1.54, 1.807) is 43.3 Å². The molecule has 20 heavy (non-hydrogen) atoms. The van der Waals surface area contributed by atoms with Crippen molar-refractivity contribution in [3.8, 4) is 28.6 Å². The minimum atomic E-state index is -0.423. The molecule has 0 aliphatic rings. The standard InChI is InChI=1S/C15H11FN2O2/c1-9-5-4-7-11(13(9)19)15-17-14(18-20-15)10-6-2-3-8-12(10)16/h2-8,19H,1H3. The van der Waals surface area contributed by atoms with E-state index in [0.717, 1.165) is 0 Å². The van der Waals surface area contributed by atoms with Crippen molar-refractivity contribution in [2.24, 2.45) is 0 Å². The Bertz CT molecular complexity index is 768. The third kappa shape index (κ3) is 2.03. The van der Waals surface area contributed by atoms with Gasteiger partial charge in [0.1, 0.15) is 11.6 Å². The molecule has 0 fully saturated rings. The average Bonchev–Trinajstić information content (AvgIpc) is 2.92. The smallest absolute Gasteiger partial charge is 0.262 e. The average molecular weight is 270 g/mol. The fraction of sp³-hybridized carbons (Fsp3) is 0.0667. The number of phenolic OH excluding ortho intramolecular Hbond substituents is 1. The quantitative estimate of drug-likeness (QED) is 0.773. The van der Waals surface area contributed by atoms with E-state index in [4.69, 9.17) is 4.52 Å². The highest BCUT2D eigenvalue weighted by Gasteiger charge is 2.16. The van der Waals surface area contributed by atoms with E-state index >= 15 is 0 Å². The fourth-order valence-corrected chi connectivity index (χ4v) is 1.92. The number of aryl methyl sites for hydroxylation is 1. The first-order valence-electron chi connectivity index (χ1n) is 6.04. The lowest BCUT2D eigenvalue weighted by atomic mass is 10.1. The minimum Gasteiger partial charge on any atom is -0.507 e. The number of halogens is 1. The van der Waals surface area contributed by atoms with Crippen molar-refractivity contribution in [2.45, 2.75) is 6.92 Å². The second kappa shape index (κ2) is 4.77. The van der Waals surface area contributed by atoms with E-state index in [1.165, 1.54) is 6.07 Å². The van der Waals surface area contributed by atoms with Crippen molar-refractivity contribution >= 4 is 0 Å². The van der Waals surface area contributed by atoms with Gasteiger partial charge in [-0.1, -0.05) is 29.4 Å². The second-order valence-corrected chi connectivity index (χ2v) is 4.37. The number of nitrogens with zero attached hydrogens (tertiary/aromatic N) is 2. The van der Waals surface area contributed by atoms with Crippen LogP contribution in [0, 0.1) is 12.7 Å². The number of phenols is 1. The zero-order valence-electron chi connectivity index (χ0n) is 10.7. The van der Waals surface area contributed by atoms with E-state index in [9.17, 15) is 9.50 Å². The molecule has 4 nitrogen and oxygen atoms in total. The van der Waals surface area contributed by atoms with Crippen LogP contribution in [0.5, 0.6) is 5.75 Å². The van der Waals surface area contributed by atoms with E-state index in [-0.39, 0.29) is 23.0 Å². The Morgan fingerprint density at radius 3 is 2.60 bits per heavy atom. The third-order valence-corrected chi connectivity index (χ3v) is 3.01. The molecule has 0 amide bonds. The lowest BCUT2D eigenvalue weighted by Gasteiger charge is -2.01. The number of aromatic hydroxyl groups is 1. The Balaban J connectivity index is 2.07. The van der Waals surface area contributed by atoms with Gasteiger partial charge in [0.25, 0.3) is 5.89 Å². The van der Waals surface area contributed by atoms with Crippen LogP contribution >= 0.6 is 0 Å². The van der Waals surface area contributed by atoms with Crippen molar-refractivity contribution < 1.29 is 14.0 Å². The first kappa shape index (κ1) is 12.3. The van der Waals surface area contributed by atoms with Crippen LogP contribution in [0.25, 0.3) is 22.8 Å². The molecule has 0 unspecified atom stereocenters. The minimum absolute atomic E-state index is 0.0798. The molecule has 2 aromatic carbocycles. The first-order chi connectivity index (χ1) is 9.66. The Kier molecular flexibility index (Phi) is 2.95. The monoisotopic (exact) mass is 270 g/mol. The summed E-state index contributed by atoms with van der Waals surface area (Å²) in [5.74, 6) is -0.0343. The summed E-state index contributed by atoms with van der Waals surface area (Å²) < 4.78 is 18.8. The molecule has 3 rings (SSSR count). The lowest BCUT2D eigenvalue weighted by molar-refractivity contribution is 0.424. The summed E-state index contributed by atoms with van der Waals surface area (Å²) in [6.07, 6.45) is 0. The van der Waals surface area contributed by atoms with Crippen molar-refractivity contribution in [3.05, 3.63) is 53.8 Å². The van der Waals surface area contributed by atoms with Gasteiger partial charge in [0.15, 0.2) is 0 Å².